The molecule has 0 radical (unpaired) electrons. The summed E-state index contributed by atoms with van der Waals surface area (Å²) in [5, 5.41) is 10.2. The zero-order valence-corrected chi connectivity index (χ0v) is 19.2. The molecule has 8 nitrogen and oxygen atoms in total. The van der Waals surface area contributed by atoms with Gasteiger partial charge < -0.3 is 5.32 Å². The van der Waals surface area contributed by atoms with E-state index in [4.69, 9.17) is 4.98 Å². The minimum Gasteiger partial charge on any atom is -0.347 e. The Labute approximate surface area is 185 Å². The highest BCUT2D eigenvalue weighted by atomic mass is 32.2. The van der Waals surface area contributed by atoms with Crippen LogP contribution in [-0.4, -0.2) is 70.7 Å². The summed E-state index contributed by atoms with van der Waals surface area (Å²) in [6.45, 7) is 3.63. The summed E-state index contributed by atoms with van der Waals surface area (Å²) < 4.78 is 26.5. The maximum absolute atomic E-state index is 13.5. The SMILES string of the molecule is Cc1nn(C)c2nc(-c3cccs3)cc(C(=O)NC3CS(=O)(=O)CC3N3CCCC3)c12. The largest absolute Gasteiger partial charge is 0.347 e. The smallest absolute Gasteiger partial charge is 0.252 e. The van der Waals surface area contributed by atoms with Gasteiger partial charge in [0.25, 0.3) is 5.91 Å². The van der Waals surface area contributed by atoms with Crippen LogP contribution in [0.5, 0.6) is 0 Å². The highest BCUT2D eigenvalue weighted by Crippen LogP contribution is 2.30. The number of nitrogens with zero attached hydrogens (tertiary/aromatic N) is 4. The molecule has 2 saturated heterocycles. The van der Waals surface area contributed by atoms with Gasteiger partial charge in [0.2, 0.25) is 0 Å². The Kier molecular flexibility index (Phi) is 5.10. The van der Waals surface area contributed by atoms with Crippen molar-refractivity contribution < 1.29 is 13.2 Å². The number of rotatable bonds is 4. The van der Waals surface area contributed by atoms with E-state index in [1.54, 1.807) is 22.1 Å². The molecule has 5 heterocycles. The van der Waals surface area contributed by atoms with Crippen LogP contribution in [0.25, 0.3) is 21.6 Å². The molecule has 0 aliphatic carbocycles. The molecule has 5 rings (SSSR count). The van der Waals surface area contributed by atoms with Crippen molar-refractivity contribution in [2.45, 2.75) is 31.8 Å². The molecule has 2 fully saturated rings. The molecule has 2 unspecified atom stereocenters. The van der Waals surface area contributed by atoms with Gasteiger partial charge in [0.15, 0.2) is 15.5 Å². The average molecular weight is 460 g/mol. The lowest BCUT2D eigenvalue weighted by Crippen LogP contribution is -2.50. The second kappa shape index (κ2) is 7.68. The summed E-state index contributed by atoms with van der Waals surface area (Å²) in [4.78, 5) is 21.4. The predicted molar refractivity (Wildman–Crippen MR) is 121 cm³/mol. The van der Waals surface area contributed by atoms with Crippen molar-refractivity contribution in [2.24, 2.45) is 7.05 Å². The first-order valence-electron chi connectivity index (χ1n) is 10.5. The summed E-state index contributed by atoms with van der Waals surface area (Å²) in [5.41, 5.74) is 2.57. The van der Waals surface area contributed by atoms with E-state index >= 15 is 0 Å². The lowest BCUT2D eigenvalue weighted by Gasteiger charge is -2.28. The van der Waals surface area contributed by atoms with Gasteiger partial charge in [-0.3, -0.25) is 14.4 Å². The van der Waals surface area contributed by atoms with Crippen molar-refractivity contribution in [2.75, 3.05) is 24.6 Å². The number of carbonyl (C=O) groups excluding carboxylic acids is 1. The minimum absolute atomic E-state index is 0.0159. The Morgan fingerprint density at radius 1 is 1.26 bits per heavy atom. The minimum atomic E-state index is -3.18. The number of aryl methyl sites for hydroxylation is 2. The molecular formula is C21H25N5O3S2. The van der Waals surface area contributed by atoms with Gasteiger partial charge in [0, 0.05) is 13.1 Å². The molecule has 1 N–H and O–H groups in total. The van der Waals surface area contributed by atoms with E-state index in [9.17, 15) is 13.2 Å². The number of pyridine rings is 1. The number of amides is 1. The summed E-state index contributed by atoms with van der Waals surface area (Å²) in [6.07, 6.45) is 2.14. The van der Waals surface area contributed by atoms with Crippen molar-refractivity contribution in [1.82, 2.24) is 25.0 Å². The van der Waals surface area contributed by atoms with Crippen LogP contribution in [-0.2, 0) is 16.9 Å². The van der Waals surface area contributed by atoms with Crippen LogP contribution in [0.15, 0.2) is 23.6 Å². The molecule has 2 atom stereocenters. The van der Waals surface area contributed by atoms with Crippen molar-refractivity contribution in [3.8, 4) is 10.6 Å². The third-order valence-corrected chi connectivity index (χ3v) is 8.84. The van der Waals surface area contributed by atoms with Gasteiger partial charge in [-0.1, -0.05) is 6.07 Å². The lowest BCUT2D eigenvalue weighted by atomic mass is 10.1. The van der Waals surface area contributed by atoms with E-state index in [2.05, 4.69) is 15.3 Å². The number of likely N-dealkylation sites (tertiary alicyclic amines) is 1. The number of carbonyl (C=O) groups is 1. The maximum Gasteiger partial charge on any atom is 0.252 e. The third-order valence-electron chi connectivity index (χ3n) is 6.24. The van der Waals surface area contributed by atoms with E-state index in [1.807, 2.05) is 31.5 Å². The van der Waals surface area contributed by atoms with Crippen molar-refractivity contribution in [3.63, 3.8) is 0 Å². The van der Waals surface area contributed by atoms with Crippen LogP contribution in [0.1, 0.15) is 28.9 Å². The van der Waals surface area contributed by atoms with Crippen LogP contribution < -0.4 is 5.32 Å². The molecule has 10 heteroatoms. The molecule has 2 aliphatic heterocycles. The van der Waals surface area contributed by atoms with Crippen molar-refractivity contribution in [1.29, 1.82) is 0 Å². The van der Waals surface area contributed by atoms with Crippen molar-refractivity contribution in [3.05, 3.63) is 34.8 Å². The van der Waals surface area contributed by atoms with Crippen LogP contribution in [0, 0.1) is 6.92 Å². The number of hydrogen-bond acceptors (Lipinski definition) is 7. The van der Waals surface area contributed by atoms with Crippen LogP contribution in [0.2, 0.25) is 0 Å². The number of hydrogen-bond donors (Lipinski definition) is 1. The summed E-state index contributed by atoms with van der Waals surface area (Å²) in [5.74, 6) is -0.179. The first kappa shape index (κ1) is 20.6. The van der Waals surface area contributed by atoms with Gasteiger partial charge in [-0.25, -0.2) is 13.4 Å². The Morgan fingerprint density at radius 2 is 2.03 bits per heavy atom. The Bertz CT molecular complexity index is 1240. The molecule has 0 bridgehead atoms. The van der Waals surface area contributed by atoms with E-state index in [0.29, 0.717) is 22.3 Å². The maximum atomic E-state index is 13.5. The zero-order chi connectivity index (χ0) is 21.8. The third kappa shape index (κ3) is 3.77. The van der Waals surface area contributed by atoms with E-state index in [0.717, 1.165) is 36.5 Å². The van der Waals surface area contributed by atoms with Crippen LogP contribution in [0.3, 0.4) is 0 Å². The average Bonchev–Trinajstić information content (AvgIpc) is 3.50. The molecule has 31 heavy (non-hydrogen) atoms. The van der Waals surface area contributed by atoms with E-state index in [1.165, 1.54) is 0 Å². The zero-order valence-electron chi connectivity index (χ0n) is 17.5. The van der Waals surface area contributed by atoms with Gasteiger partial charge in [-0.2, -0.15) is 5.10 Å². The normalized spacial score (nSPS) is 23.5. The quantitative estimate of drug-likeness (QED) is 0.641. The highest BCUT2D eigenvalue weighted by molar-refractivity contribution is 7.91. The standard InChI is InChI=1S/C21H25N5O3S2/c1-13-19-14(10-15(18-6-5-9-30-18)22-20(19)25(2)24-13)21(27)23-16-11-31(28,29)12-17(16)26-7-3-4-8-26/h5-6,9-10,16-17H,3-4,7-8,11-12H2,1-2H3,(H,23,27). The van der Waals surface area contributed by atoms with Gasteiger partial charge in [-0.15, -0.1) is 11.3 Å². The molecule has 1 amide bonds. The molecule has 0 aromatic carbocycles. The van der Waals surface area contributed by atoms with Gasteiger partial charge in [0.05, 0.1) is 44.8 Å². The molecule has 3 aromatic heterocycles. The second-order valence-corrected chi connectivity index (χ2v) is 11.5. The number of sulfone groups is 1. The summed E-state index contributed by atoms with van der Waals surface area (Å²) in [7, 11) is -1.37. The summed E-state index contributed by atoms with van der Waals surface area (Å²) >= 11 is 1.56. The molecule has 2 aliphatic rings. The second-order valence-electron chi connectivity index (χ2n) is 8.41. The Balaban J connectivity index is 1.53. The molecule has 164 valence electrons. The Morgan fingerprint density at radius 3 is 2.74 bits per heavy atom. The Hall–Kier alpha value is -2.30. The molecule has 0 spiro atoms. The van der Waals surface area contributed by atoms with E-state index < -0.39 is 15.9 Å². The van der Waals surface area contributed by atoms with E-state index in [-0.39, 0.29) is 23.5 Å². The van der Waals surface area contributed by atoms with Gasteiger partial charge in [0.1, 0.15) is 0 Å². The van der Waals surface area contributed by atoms with Crippen LogP contribution >= 0.6 is 11.3 Å². The fourth-order valence-electron chi connectivity index (χ4n) is 4.82. The topological polar surface area (TPSA) is 97.2 Å². The van der Waals surface area contributed by atoms with Crippen molar-refractivity contribution >= 4 is 38.1 Å². The fourth-order valence-corrected chi connectivity index (χ4v) is 7.46. The highest BCUT2D eigenvalue weighted by Gasteiger charge is 2.42. The lowest BCUT2D eigenvalue weighted by molar-refractivity contribution is 0.0920. The molecule has 3 aromatic rings. The van der Waals surface area contributed by atoms with Crippen LogP contribution in [0.4, 0.5) is 0 Å². The predicted octanol–water partition coefficient (Wildman–Crippen LogP) is 2.00. The van der Waals surface area contributed by atoms with Gasteiger partial charge in [-0.05, 0) is 50.4 Å². The monoisotopic (exact) mass is 459 g/mol. The first-order valence-corrected chi connectivity index (χ1v) is 13.2. The number of thiophene rings is 1. The fraction of sp³-hybridized carbons (Fsp3) is 0.476. The first-order chi connectivity index (χ1) is 14.8. The number of aromatic nitrogens is 3. The number of fused-ring (bicyclic) bond motifs is 1. The number of nitrogens with one attached hydrogen (secondary N) is 1. The molecule has 0 saturated carbocycles. The summed E-state index contributed by atoms with van der Waals surface area (Å²) in [6, 6.07) is 5.13. The molecular weight excluding hydrogens is 434 g/mol. The van der Waals surface area contributed by atoms with Gasteiger partial charge >= 0.3 is 0 Å².